The first-order chi connectivity index (χ1) is 11.1. The monoisotopic (exact) mass is 326 g/mol. The quantitative estimate of drug-likeness (QED) is 0.916. The van der Waals surface area contributed by atoms with Crippen LogP contribution in [0.25, 0.3) is 10.9 Å². The molecule has 116 valence electrons. The molecule has 2 heterocycles. The Balaban J connectivity index is 1.93. The Kier molecular flexibility index (Phi) is 4.17. The Bertz CT molecular complexity index is 830. The van der Waals surface area contributed by atoms with Gasteiger partial charge in [0, 0.05) is 11.1 Å². The van der Waals surface area contributed by atoms with Crippen molar-refractivity contribution in [1.29, 1.82) is 5.26 Å². The molecule has 0 bridgehead atoms. The summed E-state index contributed by atoms with van der Waals surface area (Å²) < 4.78 is 0. The zero-order valence-corrected chi connectivity index (χ0v) is 13.0. The number of carbonyl (C=O) groups is 2. The van der Waals surface area contributed by atoms with Gasteiger partial charge in [-0.25, -0.2) is 0 Å². The van der Waals surface area contributed by atoms with Crippen molar-refractivity contribution in [1.82, 2.24) is 9.88 Å². The fourth-order valence-corrected chi connectivity index (χ4v) is 3.68. The van der Waals surface area contributed by atoms with Gasteiger partial charge in [-0.05, 0) is 12.1 Å². The maximum Gasteiger partial charge on any atom is 0.249 e. The fraction of sp³-hybridized carbons (Fsp3) is 0.250. The van der Waals surface area contributed by atoms with Crippen molar-refractivity contribution in [3.05, 3.63) is 41.6 Å². The van der Waals surface area contributed by atoms with Gasteiger partial charge in [0.1, 0.15) is 6.04 Å². The van der Waals surface area contributed by atoms with E-state index in [4.69, 9.17) is 11.0 Å². The van der Waals surface area contributed by atoms with Gasteiger partial charge in [-0.15, -0.1) is 11.8 Å². The number of carbonyl (C=O) groups excluding carboxylic acids is 2. The predicted molar refractivity (Wildman–Crippen MR) is 87.5 cm³/mol. The van der Waals surface area contributed by atoms with Crippen LogP contribution >= 0.6 is 11.8 Å². The van der Waals surface area contributed by atoms with Gasteiger partial charge in [0.05, 0.1) is 35.1 Å². The lowest BCUT2D eigenvalue weighted by Crippen LogP contribution is -2.36. The number of nitrogens with two attached hydrogens (primary N) is 1. The topological polar surface area (TPSA) is 100 Å². The minimum atomic E-state index is -0.552. The molecule has 0 spiro atoms. The van der Waals surface area contributed by atoms with Crippen molar-refractivity contribution in [2.75, 3.05) is 11.6 Å². The minimum absolute atomic E-state index is 0.0455. The molecular weight excluding hydrogens is 312 g/mol. The normalized spacial score (nSPS) is 17.2. The summed E-state index contributed by atoms with van der Waals surface area (Å²) in [7, 11) is 0. The molecule has 1 aliphatic rings. The number of hydrogen-bond acceptors (Lipinski definition) is 5. The summed E-state index contributed by atoms with van der Waals surface area (Å²) in [5.41, 5.74) is 6.90. The summed E-state index contributed by atoms with van der Waals surface area (Å²) in [6.45, 7) is 0. The van der Waals surface area contributed by atoms with E-state index in [1.165, 1.54) is 0 Å². The molecule has 1 unspecified atom stereocenters. The van der Waals surface area contributed by atoms with Crippen molar-refractivity contribution < 1.29 is 9.59 Å². The lowest BCUT2D eigenvalue weighted by atomic mass is 10.1. The van der Waals surface area contributed by atoms with Crippen molar-refractivity contribution >= 4 is 34.5 Å². The molecule has 1 aromatic heterocycles. The van der Waals surface area contributed by atoms with E-state index >= 15 is 0 Å². The van der Waals surface area contributed by atoms with Crippen LogP contribution in [-0.2, 0) is 11.2 Å². The van der Waals surface area contributed by atoms with E-state index in [1.807, 2.05) is 6.07 Å². The zero-order valence-electron chi connectivity index (χ0n) is 12.2. The molecule has 0 radical (unpaired) electrons. The average molecular weight is 326 g/mol. The number of hydrogen-bond donors (Lipinski definition) is 1. The number of thioether (sulfide) groups is 1. The molecule has 2 aromatic rings. The SMILES string of the molecule is N#CC1CSCN1C(=O)Cc1cc(C(N)=O)c2ccccc2n1. The number of fused-ring (bicyclic) bond motifs is 1. The molecule has 1 saturated heterocycles. The Morgan fingerprint density at radius 3 is 2.96 bits per heavy atom. The van der Waals surface area contributed by atoms with Gasteiger partial charge in [-0.2, -0.15) is 5.26 Å². The predicted octanol–water partition coefficient (Wildman–Crippen LogP) is 1.30. The second-order valence-electron chi connectivity index (χ2n) is 5.23. The summed E-state index contributed by atoms with van der Waals surface area (Å²) in [5, 5.41) is 9.74. The number of nitrogens with zero attached hydrogens (tertiary/aromatic N) is 3. The Morgan fingerprint density at radius 2 is 2.22 bits per heavy atom. The molecule has 1 fully saturated rings. The van der Waals surface area contributed by atoms with Crippen LogP contribution in [0.1, 0.15) is 16.1 Å². The van der Waals surface area contributed by atoms with Crippen molar-refractivity contribution in [3.63, 3.8) is 0 Å². The zero-order chi connectivity index (χ0) is 16.4. The van der Waals surface area contributed by atoms with E-state index in [2.05, 4.69) is 11.1 Å². The highest BCUT2D eigenvalue weighted by Gasteiger charge is 2.29. The van der Waals surface area contributed by atoms with Gasteiger partial charge < -0.3 is 10.6 Å². The maximum absolute atomic E-state index is 12.4. The van der Waals surface area contributed by atoms with Crippen molar-refractivity contribution in [2.45, 2.75) is 12.5 Å². The lowest BCUT2D eigenvalue weighted by molar-refractivity contribution is -0.130. The van der Waals surface area contributed by atoms with E-state index in [0.717, 1.165) is 0 Å². The largest absolute Gasteiger partial charge is 0.366 e. The molecule has 2 N–H and O–H groups in total. The molecular formula is C16H14N4O2S. The van der Waals surface area contributed by atoms with Crippen molar-refractivity contribution in [3.8, 4) is 6.07 Å². The number of benzene rings is 1. The van der Waals surface area contributed by atoms with Gasteiger partial charge in [-0.3, -0.25) is 14.6 Å². The van der Waals surface area contributed by atoms with Crippen LogP contribution in [0.3, 0.4) is 0 Å². The van der Waals surface area contributed by atoms with E-state index < -0.39 is 11.9 Å². The van der Waals surface area contributed by atoms with Crippen LogP contribution in [0.15, 0.2) is 30.3 Å². The van der Waals surface area contributed by atoms with Crippen LogP contribution in [-0.4, -0.2) is 39.4 Å². The highest BCUT2D eigenvalue weighted by molar-refractivity contribution is 7.99. The number of para-hydroxylation sites is 1. The number of primary amides is 1. The summed E-state index contributed by atoms with van der Waals surface area (Å²) in [6, 6.07) is 10.5. The smallest absolute Gasteiger partial charge is 0.249 e. The summed E-state index contributed by atoms with van der Waals surface area (Å²) in [6.07, 6.45) is 0.0455. The number of aromatic nitrogens is 1. The molecule has 2 amide bonds. The van der Waals surface area contributed by atoms with Crippen LogP contribution < -0.4 is 5.73 Å². The Labute approximate surface area is 137 Å². The lowest BCUT2D eigenvalue weighted by Gasteiger charge is -2.18. The number of pyridine rings is 1. The van der Waals surface area contributed by atoms with Crippen LogP contribution in [0.4, 0.5) is 0 Å². The Hall–Kier alpha value is -2.59. The maximum atomic E-state index is 12.4. The highest BCUT2D eigenvalue weighted by Crippen LogP contribution is 2.22. The molecule has 3 rings (SSSR count). The minimum Gasteiger partial charge on any atom is -0.366 e. The van der Waals surface area contributed by atoms with E-state index in [1.54, 1.807) is 40.9 Å². The third kappa shape index (κ3) is 2.98. The second kappa shape index (κ2) is 6.26. The van der Waals surface area contributed by atoms with E-state index in [0.29, 0.717) is 33.8 Å². The molecule has 0 saturated carbocycles. The second-order valence-corrected chi connectivity index (χ2v) is 6.23. The molecule has 1 aromatic carbocycles. The molecule has 0 aliphatic carbocycles. The van der Waals surface area contributed by atoms with Gasteiger partial charge in [-0.1, -0.05) is 18.2 Å². The number of nitriles is 1. The average Bonchev–Trinajstić information content (AvgIpc) is 3.02. The first-order valence-corrected chi connectivity index (χ1v) is 8.21. The van der Waals surface area contributed by atoms with E-state index in [9.17, 15) is 9.59 Å². The van der Waals surface area contributed by atoms with Crippen LogP contribution in [0.2, 0.25) is 0 Å². The van der Waals surface area contributed by atoms with Crippen LogP contribution in [0, 0.1) is 11.3 Å². The number of amides is 2. The van der Waals surface area contributed by atoms with Gasteiger partial charge >= 0.3 is 0 Å². The van der Waals surface area contributed by atoms with E-state index in [-0.39, 0.29) is 12.3 Å². The molecule has 23 heavy (non-hydrogen) atoms. The molecule has 1 atom stereocenters. The standard InChI is InChI=1S/C16H14N4O2S/c17-7-11-8-23-9-20(11)15(21)6-10-5-13(16(18)22)12-3-1-2-4-14(12)19-10/h1-5,11H,6,8-9H2,(H2,18,22). The first-order valence-electron chi connectivity index (χ1n) is 7.05. The first kappa shape index (κ1) is 15.3. The third-order valence-electron chi connectivity index (χ3n) is 3.72. The summed E-state index contributed by atoms with van der Waals surface area (Å²) in [4.78, 5) is 30.0. The molecule has 1 aliphatic heterocycles. The van der Waals surface area contributed by atoms with Gasteiger partial charge in [0.25, 0.3) is 0 Å². The molecule has 7 heteroatoms. The van der Waals surface area contributed by atoms with Crippen molar-refractivity contribution in [2.24, 2.45) is 5.73 Å². The fourth-order valence-electron chi connectivity index (χ4n) is 2.58. The summed E-state index contributed by atoms with van der Waals surface area (Å²) in [5.74, 6) is 0.413. The summed E-state index contributed by atoms with van der Waals surface area (Å²) >= 11 is 1.55. The Morgan fingerprint density at radius 1 is 1.43 bits per heavy atom. The number of rotatable bonds is 3. The van der Waals surface area contributed by atoms with Gasteiger partial charge in [0.2, 0.25) is 11.8 Å². The third-order valence-corrected chi connectivity index (χ3v) is 4.73. The van der Waals surface area contributed by atoms with Gasteiger partial charge in [0.15, 0.2) is 0 Å². The van der Waals surface area contributed by atoms with Crippen LogP contribution in [0.5, 0.6) is 0 Å². The molecule has 6 nitrogen and oxygen atoms in total. The highest BCUT2D eigenvalue weighted by atomic mass is 32.2.